The van der Waals surface area contributed by atoms with E-state index in [4.69, 9.17) is 11.6 Å². The Balaban J connectivity index is 2.58. The molecule has 0 aliphatic carbocycles. The Morgan fingerprint density at radius 1 is 1.54 bits per heavy atom. The monoisotopic (exact) mass is 239 g/mol. The largest absolute Gasteiger partial charge is 0.250 e. The first-order chi connectivity index (χ1) is 6.17. The van der Waals surface area contributed by atoms with Crippen molar-refractivity contribution in [1.29, 1.82) is 0 Å². The van der Waals surface area contributed by atoms with Gasteiger partial charge in [-0.25, -0.2) is 13.1 Å². The van der Waals surface area contributed by atoms with Crippen LogP contribution in [0.4, 0.5) is 0 Å². The van der Waals surface area contributed by atoms with E-state index in [0.29, 0.717) is 23.1 Å². The second kappa shape index (κ2) is 4.95. The van der Waals surface area contributed by atoms with Gasteiger partial charge in [0.25, 0.3) is 0 Å². The van der Waals surface area contributed by atoms with E-state index in [1.807, 2.05) is 0 Å². The van der Waals surface area contributed by atoms with Crippen molar-refractivity contribution in [2.24, 2.45) is 0 Å². The molecule has 1 heterocycles. The highest BCUT2D eigenvalue weighted by Gasteiger charge is 2.13. The minimum absolute atomic E-state index is 0.349. The van der Waals surface area contributed by atoms with Gasteiger partial charge < -0.3 is 0 Å². The Hall–Kier alpha value is -0.100. The second-order valence-corrected chi connectivity index (χ2v) is 5.69. The minimum atomic E-state index is -3.28. The van der Waals surface area contributed by atoms with Crippen molar-refractivity contribution in [2.75, 3.05) is 12.4 Å². The molecule has 0 aliphatic rings. The molecule has 13 heavy (non-hydrogen) atoms. The van der Waals surface area contributed by atoms with Gasteiger partial charge in [-0.1, -0.05) is 6.07 Å². The summed E-state index contributed by atoms with van der Waals surface area (Å²) in [6.45, 7) is 0.393. The molecule has 1 aromatic heterocycles. The van der Waals surface area contributed by atoms with Gasteiger partial charge in [0.15, 0.2) is 0 Å². The normalized spacial score (nSPS) is 11.8. The van der Waals surface area contributed by atoms with Crippen LogP contribution in [0.3, 0.4) is 0 Å². The van der Waals surface area contributed by atoms with Crippen LogP contribution in [0, 0.1) is 0 Å². The average Bonchev–Trinajstić information content (AvgIpc) is 2.56. The van der Waals surface area contributed by atoms with Gasteiger partial charge in [0.1, 0.15) is 4.21 Å². The maximum absolute atomic E-state index is 11.4. The Labute approximate surface area is 86.8 Å². The number of hydrogen-bond acceptors (Lipinski definition) is 3. The van der Waals surface area contributed by atoms with E-state index >= 15 is 0 Å². The summed E-state index contributed by atoms with van der Waals surface area (Å²) in [7, 11) is -3.28. The molecule has 0 fully saturated rings. The lowest BCUT2D eigenvalue weighted by molar-refractivity contribution is 0.583. The summed E-state index contributed by atoms with van der Waals surface area (Å²) in [5.74, 6) is 0.465. The predicted octanol–water partition coefficient (Wildman–Crippen LogP) is 1.66. The SMILES string of the molecule is O=S(=O)(NCCCCl)c1cccs1. The molecule has 0 atom stereocenters. The number of thiophene rings is 1. The van der Waals surface area contributed by atoms with Crippen LogP contribution in [-0.2, 0) is 10.0 Å². The Morgan fingerprint density at radius 3 is 2.85 bits per heavy atom. The molecular formula is C7H10ClNO2S2. The molecule has 74 valence electrons. The summed E-state index contributed by atoms with van der Waals surface area (Å²) < 4.78 is 25.7. The fourth-order valence-corrected chi connectivity index (χ4v) is 3.01. The van der Waals surface area contributed by atoms with Crippen LogP contribution in [0.15, 0.2) is 21.7 Å². The van der Waals surface area contributed by atoms with Gasteiger partial charge in [0.2, 0.25) is 10.0 Å². The van der Waals surface area contributed by atoms with E-state index in [9.17, 15) is 8.42 Å². The van der Waals surface area contributed by atoms with Crippen molar-refractivity contribution in [3.05, 3.63) is 17.5 Å². The first kappa shape index (κ1) is 11.0. The Bertz CT molecular complexity index is 333. The van der Waals surface area contributed by atoms with E-state index in [1.54, 1.807) is 17.5 Å². The topological polar surface area (TPSA) is 46.2 Å². The molecule has 3 nitrogen and oxygen atoms in total. The van der Waals surface area contributed by atoms with E-state index in [2.05, 4.69) is 4.72 Å². The summed E-state index contributed by atoms with van der Waals surface area (Å²) >= 11 is 6.63. The Kier molecular flexibility index (Phi) is 4.18. The third-order valence-corrected chi connectivity index (χ3v) is 4.49. The van der Waals surface area contributed by atoms with Crippen LogP contribution in [0.5, 0.6) is 0 Å². The average molecular weight is 240 g/mol. The first-order valence-electron chi connectivity index (χ1n) is 3.76. The smallest absolute Gasteiger partial charge is 0.210 e. The number of hydrogen-bond donors (Lipinski definition) is 1. The third kappa shape index (κ3) is 3.27. The van der Waals surface area contributed by atoms with Crippen molar-refractivity contribution in [3.8, 4) is 0 Å². The maximum atomic E-state index is 11.4. The van der Waals surface area contributed by atoms with Crippen molar-refractivity contribution in [3.63, 3.8) is 0 Å². The lowest BCUT2D eigenvalue weighted by Crippen LogP contribution is -2.24. The molecule has 0 saturated heterocycles. The molecule has 0 saturated carbocycles. The second-order valence-electron chi connectivity index (χ2n) is 2.37. The summed E-state index contributed by atoms with van der Waals surface area (Å²) in [5, 5.41) is 1.73. The van der Waals surface area contributed by atoms with E-state index in [1.165, 1.54) is 11.3 Å². The maximum Gasteiger partial charge on any atom is 0.250 e. The van der Waals surface area contributed by atoms with Crippen LogP contribution in [0.25, 0.3) is 0 Å². The molecule has 0 unspecified atom stereocenters. The summed E-state index contributed by atoms with van der Waals surface area (Å²) in [6, 6.07) is 3.29. The van der Waals surface area contributed by atoms with Gasteiger partial charge in [-0.2, -0.15) is 0 Å². The predicted molar refractivity (Wildman–Crippen MR) is 54.8 cm³/mol. The summed E-state index contributed by atoms with van der Waals surface area (Å²) in [6.07, 6.45) is 0.645. The van der Waals surface area contributed by atoms with Crippen LogP contribution in [0.2, 0.25) is 0 Å². The molecule has 0 bridgehead atoms. The molecule has 0 aliphatic heterocycles. The van der Waals surface area contributed by atoms with Gasteiger partial charge >= 0.3 is 0 Å². The zero-order chi connectivity index (χ0) is 9.73. The van der Waals surface area contributed by atoms with Gasteiger partial charge in [-0.3, -0.25) is 0 Å². The van der Waals surface area contributed by atoms with Gasteiger partial charge in [0.05, 0.1) is 0 Å². The number of sulfonamides is 1. The minimum Gasteiger partial charge on any atom is -0.210 e. The summed E-state index contributed by atoms with van der Waals surface area (Å²) in [5.41, 5.74) is 0. The van der Waals surface area contributed by atoms with Crippen LogP contribution >= 0.6 is 22.9 Å². The molecule has 6 heteroatoms. The van der Waals surface area contributed by atoms with Gasteiger partial charge in [-0.15, -0.1) is 22.9 Å². The molecule has 0 aromatic carbocycles. The first-order valence-corrected chi connectivity index (χ1v) is 6.65. The van der Waals surface area contributed by atoms with E-state index in [-0.39, 0.29) is 0 Å². The molecule has 1 aromatic rings. The molecule has 0 amide bonds. The number of alkyl halides is 1. The van der Waals surface area contributed by atoms with Gasteiger partial charge in [-0.05, 0) is 17.9 Å². The van der Waals surface area contributed by atoms with E-state index in [0.717, 1.165) is 0 Å². The van der Waals surface area contributed by atoms with Crippen LogP contribution in [-0.4, -0.2) is 20.8 Å². The van der Waals surface area contributed by atoms with Crippen LogP contribution in [0.1, 0.15) is 6.42 Å². The standard InChI is InChI=1S/C7H10ClNO2S2/c8-4-2-5-9-13(10,11)7-3-1-6-12-7/h1,3,6,9H,2,4-5H2. The number of halogens is 1. The molecule has 0 radical (unpaired) electrons. The van der Waals surface area contributed by atoms with Crippen molar-refractivity contribution in [1.82, 2.24) is 4.72 Å². The molecular weight excluding hydrogens is 230 g/mol. The highest BCUT2D eigenvalue weighted by atomic mass is 35.5. The van der Waals surface area contributed by atoms with Gasteiger partial charge in [0, 0.05) is 12.4 Å². The Morgan fingerprint density at radius 2 is 2.31 bits per heavy atom. The lowest BCUT2D eigenvalue weighted by Gasteiger charge is -2.01. The zero-order valence-electron chi connectivity index (χ0n) is 6.86. The van der Waals surface area contributed by atoms with Crippen LogP contribution < -0.4 is 4.72 Å². The fourth-order valence-electron chi connectivity index (χ4n) is 0.761. The molecule has 0 spiro atoms. The van der Waals surface area contributed by atoms with Crippen molar-refractivity contribution < 1.29 is 8.42 Å². The zero-order valence-corrected chi connectivity index (χ0v) is 9.25. The van der Waals surface area contributed by atoms with E-state index < -0.39 is 10.0 Å². The fraction of sp³-hybridized carbons (Fsp3) is 0.429. The van der Waals surface area contributed by atoms with Crippen molar-refractivity contribution >= 4 is 33.0 Å². The quantitative estimate of drug-likeness (QED) is 0.628. The third-order valence-electron chi connectivity index (χ3n) is 1.36. The highest BCUT2D eigenvalue weighted by Crippen LogP contribution is 2.14. The number of rotatable bonds is 5. The highest BCUT2D eigenvalue weighted by molar-refractivity contribution is 7.91. The molecule has 1 N–H and O–H groups in total. The lowest BCUT2D eigenvalue weighted by atomic mass is 10.5. The molecule has 1 rings (SSSR count). The summed E-state index contributed by atoms with van der Waals surface area (Å²) in [4.78, 5) is 0. The number of nitrogens with one attached hydrogen (secondary N) is 1. The van der Waals surface area contributed by atoms with Crippen molar-refractivity contribution in [2.45, 2.75) is 10.6 Å².